The molecule has 0 aliphatic carbocycles. The van der Waals surface area contributed by atoms with Gasteiger partial charge in [-0.05, 0) is 29.8 Å². The van der Waals surface area contributed by atoms with Crippen molar-refractivity contribution in [3.8, 4) is 5.75 Å². The van der Waals surface area contributed by atoms with E-state index in [2.05, 4.69) is 20.9 Å². The van der Waals surface area contributed by atoms with Crippen LogP contribution in [0.1, 0.15) is 19.5 Å². The lowest BCUT2D eigenvalue weighted by atomic mass is 10.1. The van der Waals surface area contributed by atoms with Crippen LogP contribution < -0.4 is 4.74 Å². The number of aliphatic hydroxyl groups is 1. The molecule has 0 fully saturated rings. The minimum Gasteiger partial charge on any atom is -0.467 e. The van der Waals surface area contributed by atoms with E-state index in [1.807, 2.05) is 0 Å². The molecule has 4 nitrogen and oxygen atoms in total. The van der Waals surface area contributed by atoms with Crippen LogP contribution in [0.25, 0.3) is 0 Å². The van der Waals surface area contributed by atoms with E-state index in [0.717, 1.165) is 0 Å². The van der Waals surface area contributed by atoms with Crippen LogP contribution >= 0.6 is 15.9 Å². The zero-order valence-corrected chi connectivity index (χ0v) is 10.5. The summed E-state index contributed by atoms with van der Waals surface area (Å²) in [5.74, 6) is 0.607. The first-order chi connectivity index (χ1) is 6.93. The standard InChI is InChI=1S/C10H14BrNO3/c1-10(2,13)8-4-7(15-6-14-3)5-9(11)12-8/h4-5,13H,6H2,1-3H3. The fourth-order valence-corrected chi connectivity index (χ4v) is 1.41. The molecule has 0 saturated heterocycles. The van der Waals surface area contributed by atoms with Crippen molar-refractivity contribution in [3.05, 3.63) is 22.4 Å². The fraction of sp³-hybridized carbons (Fsp3) is 0.500. The van der Waals surface area contributed by atoms with Gasteiger partial charge in [0.25, 0.3) is 0 Å². The molecule has 1 aromatic rings. The van der Waals surface area contributed by atoms with Gasteiger partial charge in [-0.1, -0.05) is 0 Å². The number of rotatable bonds is 4. The highest BCUT2D eigenvalue weighted by molar-refractivity contribution is 9.10. The van der Waals surface area contributed by atoms with Crippen molar-refractivity contribution >= 4 is 15.9 Å². The minimum absolute atomic E-state index is 0.168. The molecule has 0 saturated carbocycles. The quantitative estimate of drug-likeness (QED) is 0.675. The summed E-state index contributed by atoms with van der Waals surface area (Å²) in [6.45, 7) is 3.51. The Morgan fingerprint density at radius 2 is 2.13 bits per heavy atom. The molecule has 84 valence electrons. The molecule has 1 N–H and O–H groups in total. The third-order valence-corrected chi connectivity index (χ3v) is 2.14. The predicted molar refractivity (Wildman–Crippen MR) is 59.7 cm³/mol. The molecule has 1 heterocycles. The van der Waals surface area contributed by atoms with Crippen LogP contribution in [0.5, 0.6) is 5.75 Å². The molecule has 1 aromatic heterocycles. The van der Waals surface area contributed by atoms with Crippen LogP contribution in [-0.2, 0) is 10.3 Å². The number of hydrogen-bond acceptors (Lipinski definition) is 4. The third-order valence-electron chi connectivity index (χ3n) is 1.74. The summed E-state index contributed by atoms with van der Waals surface area (Å²) < 4.78 is 10.7. The first-order valence-electron chi connectivity index (χ1n) is 4.45. The maximum absolute atomic E-state index is 9.79. The molecule has 0 spiro atoms. The first kappa shape index (κ1) is 12.4. The van der Waals surface area contributed by atoms with Gasteiger partial charge in [-0.25, -0.2) is 4.98 Å². The van der Waals surface area contributed by atoms with Gasteiger partial charge in [-0.2, -0.15) is 0 Å². The summed E-state index contributed by atoms with van der Waals surface area (Å²) in [6, 6.07) is 3.40. The van der Waals surface area contributed by atoms with Gasteiger partial charge >= 0.3 is 0 Å². The Bertz CT molecular complexity index is 336. The van der Waals surface area contributed by atoms with Gasteiger partial charge in [0.1, 0.15) is 16.0 Å². The summed E-state index contributed by atoms with van der Waals surface area (Å²) in [5, 5.41) is 9.79. The average molecular weight is 276 g/mol. The Hall–Kier alpha value is -0.650. The fourth-order valence-electron chi connectivity index (χ4n) is 0.997. The zero-order chi connectivity index (χ0) is 11.5. The molecule has 0 atom stereocenters. The van der Waals surface area contributed by atoms with E-state index in [0.29, 0.717) is 16.0 Å². The van der Waals surface area contributed by atoms with E-state index in [-0.39, 0.29) is 6.79 Å². The van der Waals surface area contributed by atoms with Gasteiger partial charge in [0.2, 0.25) is 0 Å². The number of methoxy groups -OCH3 is 1. The smallest absolute Gasteiger partial charge is 0.188 e. The van der Waals surface area contributed by atoms with Crippen molar-refractivity contribution in [1.82, 2.24) is 4.98 Å². The van der Waals surface area contributed by atoms with E-state index in [1.54, 1.807) is 33.1 Å². The molecule has 1 rings (SSSR count). The Morgan fingerprint density at radius 3 is 2.67 bits per heavy atom. The Labute approximate surface area is 97.4 Å². The average Bonchev–Trinajstić information content (AvgIpc) is 2.12. The normalized spacial score (nSPS) is 11.5. The highest BCUT2D eigenvalue weighted by atomic mass is 79.9. The summed E-state index contributed by atoms with van der Waals surface area (Å²) in [6.07, 6.45) is 0. The largest absolute Gasteiger partial charge is 0.467 e. The Kier molecular flexibility index (Phi) is 4.07. The van der Waals surface area contributed by atoms with Gasteiger partial charge in [-0.15, -0.1) is 0 Å². The van der Waals surface area contributed by atoms with E-state index in [9.17, 15) is 5.11 Å². The van der Waals surface area contributed by atoms with Crippen molar-refractivity contribution in [2.24, 2.45) is 0 Å². The molecule has 0 unspecified atom stereocenters. The molecule has 15 heavy (non-hydrogen) atoms. The van der Waals surface area contributed by atoms with Crippen molar-refractivity contribution in [1.29, 1.82) is 0 Å². The second-order valence-electron chi connectivity index (χ2n) is 3.62. The first-order valence-corrected chi connectivity index (χ1v) is 5.25. The third kappa shape index (κ3) is 3.77. The van der Waals surface area contributed by atoms with E-state index < -0.39 is 5.60 Å². The van der Waals surface area contributed by atoms with Gasteiger partial charge < -0.3 is 14.6 Å². The number of ether oxygens (including phenoxy) is 2. The second-order valence-corrected chi connectivity index (χ2v) is 4.43. The second kappa shape index (κ2) is 4.92. The van der Waals surface area contributed by atoms with Gasteiger partial charge in [0.15, 0.2) is 6.79 Å². The van der Waals surface area contributed by atoms with Crippen molar-refractivity contribution in [3.63, 3.8) is 0 Å². The highest BCUT2D eigenvalue weighted by Crippen LogP contribution is 2.25. The molecule has 0 amide bonds. The van der Waals surface area contributed by atoms with Crippen LogP contribution in [0.15, 0.2) is 16.7 Å². The zero-order valence-electron chi connectivity index (χ0n) is 8.95. The lowest BCUT2D eigenvalue weighted by molar-refractivity contribution is 0.0490. The van der Waals surface area contributed by atoms with Crippen LogP contribution in [0, 0.1) is 0 Å². The summed E-state index contributed by atoms with van der Waals surface area (Å²) >= 11 is 3.25. The van der Waals surface area contributed by atoms with Crippen LogP contribution in [0.2, 0.25) is 0 Å². The molecular formula is C10H14BrNO3. The van der Waals surface area contributed by atoms with Gasteiger partial charge in [0.05, 0.1) is 5.69 Å². The van der Waals surface area contributed by atoms with Gasteiger partial charge in [0, 0.05) is 19.2 Å². The maximum atomic E-state index is 9.79. The molecule has 0 radical (unpaired) electrons. The summed E-state index contributed by atoms with van der Waals surface area (Å²) in [7, 11) is 1.55. The predicted octanol–water partition coefficient (Wildman–Crippen LogP) is 2.05. The molecular weight excluding hydrogens is 262 g/mol. The van der Waals surface area contributed by atoms with E-state index in [4.69, 9.17) is 9.47 Å². The Balaban J connectivity index is 2.95. The number of nitrogens with zero attached hydrogens (tertiary/aromatic N) is 1. The highest BCUT2D eigenvalue weighted by Gasteiger charge is 2.19. The van der Waals surface area contributed by atoms with Crippen LogP contribution in [-0.4, -0.2) is 24.0 Å². The lowest BCUT2D eigenvalue weighted by Crippen LogP contribution is -2.17. The van der Waals surface area contributed by atoms with Gasteiger partial charge in [-0.3, -0.25) is 0 Å². The number of halogens is 1. The molecule has 0 aliphatic heterocycles. The summed E-state index contributed by atoms with van der Waals surface area (Å²) in [5.41, 5.74) is -0.447. The number of hydrogen-bond donors (Lipinski definition) is 1. The van der Waals surface area contributed by atoms with Crippen molar-refractivity contribution in [2.45, 2.75) is 19.4 Å². The molecule has 5 heteroatoms. The number of aromatic nitrogens is 1. The molecule has 0 aromatic carbocycles. The topological polar surface area (TPSA) is 51.6 Å². The SMILES string of the molecule is COCOc1cc(Br)nc(C(C)(C)O)c1. The van der Waals surface area contributed by atoms with E-state index in [1.165, 1.54) is 0 Å². The van der Waals surface area contributed by atoms with Crippen LogP contribution in [0.4, 0.5) is 0 Å². The van der Waals surface area contributed by atoms with E-state index >= 15 is 0 Å². The lowest BCUT2D eigenvalue weighted by Gasteiger charge is -2.17. The van der Waals surface area contributed by atoms with Crippen molar-refractivity contribution < 1.29 is 14.6 Å². The minimum atomic E-state index is -0.991. The Morgan fingerprint density at radius 1 is 1.47 bits per heavy atom. The van der Waals surface area contributed by atoms with Crippen LogP contribution in [0.3, 0.4) is 0 Å². The molecule has 0 bridgehead atoms. The maximum Gasteiger partial charge on any atom is 0.188 e. The summed E-state index contributed by atoms with van der Waals surface area (Å²) in [4.78, 5) is 4.16. The monoisotopic (exact) mass is 275 g/mol. The van der Waals surface area contributed by atoms with Crippen molar-refractivity contribution in [2.75, 3.05) is 13.9 Å². The molecule has 0 aliphatic rings. The number of pyridine rings is 1.